The largest absolute Gasteiger partial charge is 0.530 e. The van der Waals surface area contributed by atoms with Gasteiger partial charge in [0.2, 0.25) is 10.0 Å². The molecule has 37 heavy (non-hydrogen) atoms. The molecule has 2 aromatic rings. The summed E-state index contributed by atoms with van der Waals surface area (Å²) in [4.78, 5) is 10.3. The molecule has 1 aromatic carbocycles. The Labute approximate surface area is 207 Å². The molecule has 1 amide bonds. The predicted molar refractivity (Wildman–Crippen MR) is 115 cm³/mol. The summed E-state index contributed by atoms with van der Waals surface area (Å²) in [6.07, 6.45) is -7.60. The van der Waals surface area contributed by atoms with E-state index in [1.54, 1.807) is 4.72 Å². The van der Waals surface area contributed by atoms with Crippen molar-refractivity contribution in [3.05, 3.63) is 30.1 Å². The second kappa shape index (κ2) is 9.93. The number of nitrogens with zero attached hydrogens (tertiary/aromatic N) is 3. The summed E-state index contributed by atoms with van der Waals surface area (Å²) in [5.41, 5.74) is -0.733. The van der Waals surface area contributed by atoms with Crippen molar-refractivity contribution < 1.29 is 53.4 Å². The number of amides is 1. The minimum Gasteiger partial charge on any atom is -0.530 e. The van der Waals surface area contributed by atoms with Crippen LogP contribution >= 0.6 is 0 Å². The minimum atomic E-state index is -5.04. The first-order valence-corrected chi connectivity index (χ1v) is 13.2. The van der Waals surface area contributed by atoms with Crippen LogP contribution in [0.5, 0.6) is 5.75 Å². The number of hydrogen-bond acceptors (Lipinski definition) is 8. The number of halogens is 5. The van der Waals surface area contributed by atoms with Crippen molar-refractivity contribution in [3.8, 4) is 5.75 Å². The number of benzene rings is 1. The number of hydrogen-bond donors (Lipinski definition) is 2. The topological polar surface area (TPSA) is 163 Å². The summed E-state index contributed by atoms with van der Waals surface area (Å²) in [5.74, 6) is -2.41. The van der Waals surface area contributed by atoms with Crippen molar-refractivity contribution in [3.63, 3.8) is 0 Å². The van der Waals surface area contributed by atoms with E-state index in [0.29, 0.717) is 10.5 Å². The van der Waals surface area contributed by atoms with E-state index in [-0.39, 0.29) is 27.5 Å². The lowest BCUT2D eigenvalue weighted by Crippen LogP contribution is -2.55. The van der Waals surface area contributed by atoms with Gasteiger partial charge < -0.3 is 20.0 Å². The van der Waals surface area contributed by atoms with Gasteiger partial charge in [0.1, 0.15) is 22.8 Å². The quantitative estimate of drug-likeness (QED) is 0.443. The molecule has 0 saturated heterocycles. The molecule has 19 heteroatoms. The second-order valence-corrected chi connectivity index (χ2v) is 11.4. The van der Waals surface area contributed by atoms with Crippen LogP contribution in [0.15, 0.2) is 29.3 Å². The summed E-state index contributed by atoms with van der Waals surface area (Å²) >= 11 is 0. The number of carbonyl (C=O) groups excluding carboxylic acids is 1. The molecular weight excluding hydrogens is 557 g/mol. The van der Waals surface area contributed by atoms with Gasteiger partial charge in [-0.05, 0) is 32.0 Å². The molecule has 1 aromatic heterocycles. The van der Waals surface area contributed by atoms with Crippen molar-refractivity contribution in [1.82, 2.24) is 14.5 Å². The first-order valence-electron chi connectivity index (χ1n) is 10.1. The second-order valence-electron chi connectivity index (χ2n) is 7.85. The van der Waals surface area contributed by atoms with Crippen LogP contribution in [0.4, 0.5) is 38.1 Å². The Morgan fingerprint density at radius 2 is 1.89 bits per heavy atom. The summed E-state index contributed by atoms with van der Waals surface area (Å²) in [7, 11) is -9.62. The Morgan fingerprint density at radius 3 is 2.43 bits per heavy atom. The number of alkyl halides is 5. The van der Waals surface area contributed by atoms with Crippen LogP contribution < -0.4 is 24.2 Å². The molecule has 0 radical (unpaired) electrons. The van der Waals surface area contributed by atoms with E-state index in [4.69, 9.17) is 4.74 Å². The number of nitrogens with one attached hydrogen (secondary N) is 2. The average molecular weight is 577 g/mol. The SMILES string of the molecule is Cc1nn(C(F)F)cc1S(=O)(=O)N1c2cc(NC(=O)[O-])ccc2O[C@@H](CNS(=O)(=O)CC(F)(F)F)[C@H]1C. The lowest BCUT2D eigenvalue weighted by Gasteiger charge is -2.41. The molecule has 2 heterocycles. The zero-order chi connectivity index (χ0) is 27.9. The fourth-order valence-corrected chi connectivity index (χ4v) is 6.37. The summed E-state index contributed by atoms with van der Waals surface area (Å²) in [5, 5.41) is 16.3. The first-order chi connectivity index (χ1) is 16.9. The lowest BCUT2D eigenvalue weighted by atomic mass is 10.1. The molecule has 2 atom stereocenters. The average Bonchev–Trinajstić information content (AvgIpc) is 3.13. The minimum absolute atomic E-state index is 0.102. The van der Waals surface area contributed by atoms with Gasteiger partial charge in [0.25, 0.3) is 10.0 Å². The number of fused-ring (bicyclic) bond motifs is 1. The molecule has 12 nitrogen and oxygen atoms in total. The molecule has 0 saturated carbocycles. The standard InChI is InChI=1S/C18H20F5N5O7S2/c1-9-15(7-27(26-9)16(19)20)37(33,34)28-10(2)14(6-24-36(31,32)8-18(21,22)23)35-13-4-3-11(5-12(13)28)25-17(29)30/h3-5,7,10,14,16,24-25H,6,8H2,1-2H3,(H,29,30)/p-1/t10-,14+/m1/s1. The first kappa shape index (κ1) is 28.4. The van der Waals surface area contributed by atoms with Gasteiger partial charge in [-0.3, -0.25) is 4.31 Å². The molecule has 0 unspecified atom stereocenters. The molecule has 3 rings (SSSR count). The van der Waals surface area contributed by atoms with Gasteiger partial charge in [-0.15, -0.1) is 0 Å². The molecule has 1 aliphatic rings. The number of ether oxygens (including phenoxy) is 1. The summed E-state index contributed by atoms with van der Waals surface area (Å²) < 4.78 is 123. The number of aromatic nitrogens is 2. The Morgan fingerprint density at radius 1 is 1.24 bits per heavy atom. The maximum Gasteiger partial charge on any atom is 0.404 e. The van der Waals surface area contributed by atoms with E-state index in [1.807, 2.05) is 5.32 Å². The lowest BCUT2D eigenvalue weighted by molar-refractivity contribution is -0.242. The maximum absolute atomic E-state index is 13.6. The van der Waals surface area contributed by atoms with Gasteiger partial charge in [-0.25, -0.2) is 26.2 Å². The third-order valence-corrected chi connectivity index (χ3v) is 8.41. The highest BCUT2D eigenvalue weighted by molar-refractivity contribution is 7.93. The van der Waals surface area contributed by atoms with Gasteiger partial charge in [-0.2, -0.15) is 27.1 Å². The van der Waals surface area contributed by atoms with Crippen molar-refractivity contribution in [1.29, 1.82) is 0 Å². The van der Waals surface area contributed by atoms with Crippen LogP contribution in [0, 0.1) is 6.92 Å². The van der Waals surface area contributed by atoms with Crippen molar-refractivity contribution in [2.75, 3.05) is 21.9 Å². The van der Waals surface area contributed by atoms with Crippen molar-refractivity contribution >= 4 is 37.5 Å². The van der Waals surface area contributed by atoms with Gasteiger partial charge in [0, 0.05) is 12.2 Å². The Kier molecular flexibility index (Phi) is 7.62. The third kappa shape index (κ3) is 6.39. The highest BCUT2D eigenvalue weighted by Crippen LogP contribution is 2.42. The number of anilines is 2. The van der Waals surface area contributed by atoms with E-state index < -0.39 is 68.2 Å². The number of rotatable bonds is 8. The smallest absolute Gasteiger partial charge is 0.404 e. The van der Waals surface area contributed by atoms with E-state index in [0.717, 1.165) is 25.1 Å². The fourth-order valence-electron chi connectivity index (χ4n) is 3.58. The normalized spacial score (nSPS) is 18.4. The van der Waals surface area contributed by atoms with Crippen LogP contribution in [0.1, 0.15) is 19.2 Å². The third-order valence-electron chi connectivity index (χ3n) is 5.10. The molecule has 0 spiro atoms. The number of carbonyl (C=O) groups is 1. The van der Waals surface area contributed by atoms with Crippen LogP contribution in [0.3, 0.4) is 0 Å². The summed E-state index contributed by atoms with van der Waals surface area (Å²) in [6, 6.07) is 1.98. The van der Waals surface area contributed by atoms with Crippen molar-refractivity contribution in [2.24, 2.45) is 0 Å². The molecule has 0 aliphatic carbocycles. The maximum atomic E-state index is 13.6. The Balaban J connectivity index is 2.07. The monoisotopic (exact) mass is 576 g/mol. The molecular formula is C18H19F5N5O7S2-. The van der Waals surface area contributed by atoms with E-state index in [1.165, 1.54) is 6.92 Å². The van der Waals surface area contributed by atoms with E-state index in [2.05, 4.69) is 5.10 Å². The van der Waals surface area contributed by atoms with Crippen LogP contribution in [0.25, 0.3) is 0 Å². The molecule has 2 N–H and O–H groups in total. The predicted octanol–water partition coefficient (Wildman–Crippen LogP) is 1.17. The fraction of sp³-hybridized carbons (Fsp3) is 0.444. The highest BCUT2D eigenvalue weighted by atomic mass is 32.2. The zero-order valence-corrected chi connectivity index (χ0v) is 20.5. The zero-order valence-electron chi connectivity index (χ0n) is 18.9. The van der Waals surface area contributed by atoms with E-state index in [9.17, 15) is 48.7 Å². The molecule has 0 fully saturated rings. The number of aryl methyl sites for hydroxylation is 1. The molecule has 0 bridgehead atoms. The Hall–Kier alpha value is -3.19. The van der Waals surface area contributed by atoms with Gasteiger partial charge in [0.15, 0.2) is 5.75 Å². The molecule has 206 valence electrons. The summed E-state index contributed by atoms with van der Waals surface area (Å²) in [6.45, 7) is -1.59. The van der Waals surface area contributed by atoms with Crippen molar-refractivity contribution in [2.45, 2.75) is 43.6 Å². The molecule has 1 aliphatic heterocycles. The Bertz CT molecular complexity index is 1400. The highest BCUT2D eigenvalue weighted by Gasteiger charge is 2.43. The van der Waals surface area contributed by atoms with Crippen LogP contribution in [-0.2, 0) is 20.0 Å². The van der Waals surface area contributed by atoms with E-state index >= 15 is 0 Å². The van der Waals surface area contributed by atoms with Crippen LogP contribution in [0.2, 0.25) is 0 Å². The van der Waals surface area contributed by atoms with Gasteiger partial charge in [0.05, 0.1) is 23.6 Å². The number of carboxylic acid groups (broad SMARTS) is 1. The van der Waals surface area contributed by atoms with Crippen LogP contribution in [-0.4, -0.2) is 63.3 Å². The van der Waals surface area contributed by atoms with Gasteiger partial charge >= 0.3 is 12.7 Å². The number of sulfonamides is 2. The van der Waals surface area contributed by atoms with Gasteiger partial charge in [-0.1, -0.05) is 0 Å².